The molecule has 0 bridgehead atoms. The quantitative estimate of drug-likeness (QED) is 0.816. The van der Waals surface area contributed by atoms with E-state index in [-0.39, 0.29) is 17.1 Å². The summed E-state index contributed by atoms with van der Waals surface area (Å²) in [7, 11) is 0. The lowest BCUT2D eigenvalue weighted by atomic mass is 10.2. The number of hydrogen-bond acceptors (Lipinski definition) is 5. The second kappa shape index (κ2) is 7.51. The molecule has 0 atom stereocenters. The molecule has 0 saturated heterocycles. The van der Waals surface area contributed by atoms with Crippen LogP contribution < -0.4 is 10.2 Å². The third-order valence-electron chi connectivity index (χ3n) is 3.12. The third kappa shape index (κ3) is 5.18. The summed E-state index contributed by atoms with van der Waals surface area (Å²) in [6, 6.07) is 3.84. The first kappa shape index (κ1) is 18.7. The number of anilines is 1. The van der Waals surface area contributed by atoms with E-state index in [9.17, 15) is 27.6 Å². The number of rotatable bonds is 5. The molecule has 0 fully saturated rings. The van der Waals surface area contributed by atoms with E-state index in [0.717, 1.165) is 35.6 Å². The van der Waals surface area contributed by atoms with Crippen LogP contribution in [-0.2, 0) is 27.0 Å². The molecule has 1 amide bonds. The smallest absolute Gasteiger partial charge is 0.416 e. The molecule has 1 N–H and O–H groups in total. The lowest BCUT2D eigenvalue weighted by Gasteiger charge is -2.09. The van der Waals surface area contributed by atoms with Crippen LogP contribution in [0.3, 0.4) is 0 Å². The van der Waals surface area contributed by atoms with Gasteiger partial charge >= 0.3 is 17.0 Å². The summed E-state index contributed by atoms with van der Waals surface area (Å²) in [6.07, 6.45) is -4.46. The minimum atomic E-state index is -4.46. The maximum atomic E-state index is 12.4. The summed E-state index contributed by atoms with van der Waals surface area (Å²) in [5, 5.41) is 3.90. The van der Waals surface area contributed by atoms with Gasteiger partial charge in [-0.15, -0.1) is 0 Å². The first-order chi connectivity index (χ1) is 11.7. The highest BCUT2D eigenvalue weighted by molar-refractivity contribution is 7.07. The minimum absolute atomic E-state index is 0.138. The van der Waals surface area contributed by atoms with Crippen LogP contribution in [0.2, 0.25) is 0 Å². The number of amides is 1. The van der Waals surface area contributed by atoms with E-state index < -0.39 is 30.2 Å². The van der Waals surface area contributed by atoms with Crippen LogP contribution in [0.25, 0.3) is 0 Å². The van der Waals surface area contributed by atoms with E-state index in [1.54, 1.807) is 12.3 Å². The van der Waals surface area contributed by atoms with Crippen molar-refractivity contribution in [1.29, 1.82) is 0 Å². The minimum Gasteiger partial charge on any atom is -0.454 e. The Morgan fingerprint density at radius 3 is 2.40 bits per heavy atom. The van der Waals surface area contributed by atoms with Crippen LogP contribution in [0.5, 0.6) is 0 Å². The molecule has 10 heteroatoms. The fourth-order valence-corrected chi connectivity index (χ4v) is 2.59. The Morgan fingerprint density at radius 2 is 1.88 bits per heavy atom. The molecule has 2 rings (SSSR count). The Morgan fingerprint density at radius 1 is 1.24 bits per heavy atom. The highest BCUT2D eigenvalue weighted by Crippen LogP contribution is 2.29. The summed E-state index contributed by atoms with van der Waals surface area (Å²) >= 11 is 0.942. The molecule has 1 aromatic heterocycles. The number of ether oxygens (including phenoxy) is 1. The number of benzene rings is 1. The molecule has 134 valence electrons. The number of nitrogens with one attached hydrogen (secondary N) is 1. The van der Waals surface area contributed by atoms with E-state index in [4.69, 9.17) is 4.74 Å². The number of nitrogens with zero attached hydrogens (tertiary/aromatic N) is 1. The van der Waals surface area contributed by atoms with Gasteiger partial charge in [0.2, 0.25) is 0 Å². The Bertz CT molecular complexity index is 825. The lowest BCUT2D eigenvalue weighted by Crippen LogP contribution is -2.26. The molecule has 1 heterocycles. The molecular weight excluding hydrogens is 361 g/mol. The molecule has 0 aliphatic carbocycles. The van der Waals surface area contributed by atoms with Crippen LogP contribution in [0.15, 0.2) is 34.4 Å². The molecule has 2 aromatic rings. The fraction of sp³-hybridized carbons (Fsp3) is 0.267. The molecule has 0 radical (unpaired) electrons. The van der Waals surface area contributed by atoms with Crippen molar-refractivity contribution in [2.75, 3.05) is 11.9 Å². The molecule has 0 saturated carbocycles. The average Bonchev–Trinajstić information content (AvgIpc) is 2.84. The summed E-state index contributed by atoms with van der Waals surface area (Å²) < 4.78 is 43.3. The summed E-state index contributed by atoms with van der Waals surface area (Å²) in [5.74, 6) is -1.48. The van der Waals surface area contributed by atoms with Crippen molar-refractivity contribution in [3.63, 3.8) is 0 Å². The topological polar surface area (TPSA) is 77.4 Å². The van der Waals surface area contributed by atoms with Gasteiger partial charge in [0.25, 0.3) is 5.91 Å². The molecular formula is C15H13F3N2O4S. The maximum absolute atomic E-state index is 12.4. The zero-order valence-corrected chi connectivity index (χ0v) is 13.7. The highest BCUT2D eigenvalue weighted by Gasteiger charge is 2.30. The first-order valence-electron chi connectivity index (χ1n) is 6.94. The number of carbonyl (C=O) groups is 2. The Kier molecular flexibility index (Phi) is 5.62. The highest BCUT2D eigenvalue weighted by atomic mass is 32.1. The molecule has 6 nitrogen and oxygen atoms in total. The number of carbonyl (C=O) groups excluding carboxylic acids is 2. The predicted molar refractivity (Wildman–Crippen MR) is 84.3 cm³/mol. The van der Waals surface area contributed by atoms with Gasteiger partial charge in [-0.05, 0) is 31.2 Å². The van der Waals surface area contributed by atoms with Gasteiger partial charge in [0.15, 0.2) is 6.61 Å². The van der Waals surface area contributed by atoms with Crippen LogP contribution >= 0.6 is 11.3 Å². The Labute approximate surface area is 143 Å². The van der Waals surface area contributed by atoms with Gasteiger partial charge in [-0.2, -0.15) is 13.2 Å². The van der Waals surface area contributed by atoms with Gasteiger partial charge in [-0.3, -0.25) is 19.0 Å². The van der Waals surface area contributed by atoms with Crippen LogP contribution in [0, 0.1) is 6.92 Å². The van der Waals surface area contributed by atoms with Gasteiger partial charge in [-0.25, -0.2) is 0 Å². The van der Waals surface area contributed by atoms with Crippen LogP contribution in [-0.4, -0.2) is 23.1 Å². The zero-order chi connectivity index (χ0) is 18.6. The Balaban J connectivity index is 1.84. The second-order valence-corrected chi connectivity index (χ2v) is 5.83. The van der Waals surface area contributed by atoms with E-state index in [2.05, 4.69) is 5.32 Å². The van der Waals surface area contributed by atoms with Gasteiger partial charge in [0.05, 0.1) is 5.56 Å². The third-order valence-corrected chi connectivity index (χ3v) is 4.00. The largest absolute Gasteiger partial charge is 0.454 e. The average molecular weight is 374 g/mol. The number of aryl methyl sites for hydroxylation is 1. The van der Waals surface area contributed by atoms with E-state index in [0.29, 0.717) is 5.69 Å². The van der Waals surface area contributed by atoms with Crippen LogP contribution in [0.1, 0.15) is 11.3 Å². The molecule has 0 aliphatic heterocycles. The van der Waals surface area contributed by atoms with E-state index in [1.807, 2.05) is 0 Å². The van der Waals surface area contributed by atoms with Crippen molar-refractivity contribution in [3.8, 4) is 0 Å². The van der Waals surface area contributed by atoms with Gasteiger partial charge in [0, 0.05) is 16.8 Å². The van der Waals surface area contributed by atoms with Crippen molar-refractivity contribution in [2.45, 2.75) is 19.6 Å². The molecule has 0 spiro atoms. The Hall–Kier alpha value is -2.62. The normalized spacial score (nSPS) is 11.2. The predicted octanol–water partition coefficient (Wildman–Crippen LogP) is 2.42. The van der Waals surface area contributed by atoms with Crippen molar-refractivity contribution in [2.24, 2.45) is 0 Å². The second-order valence-electron chi connectivity index (χ2n) is 5.01. The van der Waals surface area contributed by atoms with E-state index in [1.165, 1.54) is 4.57 Å². The molecule has 25 heavy (non-hydrogen) atoms. The number of hydrogen-bond donors (Lipinski definition) is 1. The maximum Gasteiger partial charge on any atom is 0.416 e. The summed E-state index contributed by atoms with van der Waals surface area (Å²) in [4.78, 5) is 34.5. The number of alkyl halides is 3. The van der Waals surface area contributed by atoms with Crippen molar-refractivity contribution in [1.82, 2.24) is 4.57 Å². The van der Waals surface area contributed by atoms with Crippen molar-refractivity contribution >= 4 is 28.9 Å². The van der Waals surface area contributed by atoms with E-state index >= 15 is 0 Å². The summed E-state index contributed by atoms with van der Waals surface area (Å²) in [5.41, 5.74) is -0.103. The SMILES string of the molecule is Cc1csc(=O)n1CC(=O)OCC(=O)Nc1ccc(C(F)(F)F)cc1. The number of halogens is 3. The monoisotopic (exact) mass is 374 g/mol. The molecule has 1 aromatic carbocycles. The van der Waals surface area contributed by atoms with Crippen molar-refractivity contribution < 1.29 is 27.5 Å². The summed E-state index contributed by atoms with van der Waals surface area (Å²) in [6.45, 7) is 0.724. The molecule has 0 aliphatic rings. The first-order valence-corrected chi connectivity index (χ1v) is 7.82. The van der Waals surface area contributed by atoms with Crippen molar-refractivity contribution in [3.05, 3.63) is 50.6 Å². The lowest BCUT2D eigenvalue weighted by molar-refractivity contribution is -0.148. The zero-order valence-electron chi connectivity index (χ0n) is 12.9. The van der Waals surface area contributed by atoms with Gasteiger partial charge in [0.1, 0.15) is 6.54 Å². The van der Waals surface area contributed by atoms with Gasteiger partial charge < -0.3 is 10.1 Å². The number of esters is 1. The van der Waals surface area contributed by atoms with Gasteiger partial charge in [-0.1, -0.05) is 11.3 Å². The molecule has 0 unspecified atom stereocenters. The fourth-order valence-electron chi connectivity index (χ4n) is 1.86. The van der Waals surface area contributed by atoms with Crippen LogP contribution in [0.4, 0.5) is 18.9 Å². The number of aromatic nitrogens is 1. The number of thiazole rings is 1. The standard InChI is InChI=1S/C15H13F3N2O4S/c1-9-8-25-14(23)20(9)6-13(22)24-7-12(21)19-11-4-2-10(3-5-11)15(16,17)18/h2-5,8H,6-7H2,1H3,(H,19,21).